The number of piperidine rings is 1. The number of hydrogen-bond acceptors (Lipinski definition) is 7. The van der Waals surface area contributed by atoms with Gasteiger partial charge >= 0.3 is 6.09 Å². The molecule has 2 amide bonds. The van der Waals surface area contributed by atoms with E-state index in [1.165, 1.54) is 30.6 Å². The summed E-state index contributed by atoms with van der Waals surface area (Å²) >= 11 is 8.75. The van der Waals surface area contributed by atoms with Crippen molar-refractivity contribution >= 4 is 52.0 Å². The average molecular weight is 517 g/mol. The Bertz CT molecular complexity index is 1160. The van der Waals surface area contributed by atoms with E-state index in [1.807, 2.05) is 24.3 Å². The third-order valence-corrected chi connectivity index (χ3v) is 8.14. The van der Waals surface area contributed by atoms with Gasteiger partial charge in [0.05, 0.1) is 28.0 Å². The fourth-order valence-electron chi connectivity index (χ4n) is 4.21. The summed E-state index contributed by atoms with van der Waals surface area (Å²) in [5, 5.41) is 5.93. The average Bonchev–Trinajstić information content (AvgIpc) is 3.59. The van der Waals surface area contributed by atoms with Gasteiger partial charge in [0.15, 0.2) is 0 Å². The molecule has 2 saturated heterocycles. The Balaban J connectivity index is 1.16. The van der Waals surface area contributed by atoms with Crippen LogP contribution < -0.4 is 10.2 Å². The molecule has 2 fully saturated rings. The maximum absolute atomic E-state index is 12.4. The van der Waals surface area contributed by atoms with Crippen LogP contribution >= 0.6 is 34.3 Å². The molecule has 5 rings (SSSR count). The molecule has 0 bridgehead atoms. The fraction of sp³-hybridized carbons (Fsp3) is 0.375. The van der Waals surface area contributed by atoms with Gasteiger partial charge in [-0.2, -0.15) is 0 Å². The Kier molecular flexibility index (Phi) is 7.15. The smallest absolute Gasteiger partial charge is 0.414 e. The maximum Gasteiger partial charge on any atom is 0.414 e. The zero-order chi connectivity index (χ0) is 23.5. The summed E-state index contributed by atoms with van der Waals surface area (Å²) in [7, 11) is 0. The number of thiophene rings is 1. The summed E-state index contributed by atoms with van der Waals surface area (Å²) in [6, 6.07) is 11.2. The summed E-state index contributed by atoms with van der Waals surface area (Å²) in [5.41, 5.74) is 2.91. The summed E-state index contributed by atoms with van der Waals surface area (Å²) in [5.74, 6) is -0.223. The first-order chi connectivity index (χ1) is 16.5. The molecular formula is C24H25ClN4O3S2. The second kappa shape index (κ2) is 10.4. The summed E-state index contributed by atoms with van der Waals surface area (Å²) in [6.45, 7) is 3.83. The number of carbonyl (C=O) groups excluding carboxylic acids is 2. The number of thiazole rings is 1. The van der Waals surface area contributed by atoms with E-state index in [0.29, 0.717) is 15.8 Å². The highest BCUT2D eigenvalue weighted by Gasteiger charge is 2.32. The number of benzene rings is 1. The highest BCUT2D eigenvalue weighted by atomic mass is 35.5. The van der Waals surface area contributed by atoms with Gasteiger partial charge in [-0.05, 0) is 62.3 Å². The van der Waals surface area contributed by atoms with E-state index in [4.69, 9.17) is 21.3 Å². The first-order valence-electron chi connectivity index (χ1n) is 11.3. The zero-order valence-corrected chi connectivity index (χ0v) is 20.9. The standard InChI is InChI=1S/C24H25ClN4O3S2/c25-21-9-8-20(34-21)22(30)26-12-19-14-29(24(31)32-19)18-6-4-16(5-7-18)23-27-17(15-33-23)13-28-10-2-1-3-11-28/h4-9,15,19H,1-3,10-14H2,(H,26,30)/t19-/m0/s1. The molecule has 2 aliphatic rings. The summed E-state index contributed by atoms with van der Waals surface area (Å²) in [6.07, 6.45) is 3.05. The monoisotopic (exact) mass is 516 g/mol. The van der Waals surface area contributed by atoms with Crippen molar-refractivity contribution in [3.05, 3.63) is 56.7 Å². The highest BCUT2D eigenvalue weighted by Crippen LogP contribution is 2.29. The van der Waals surface area contributed by atoms with Gasteiger partial charge in [-0.3, -0.25) is 14.6 Å². The molecule has 0 spiro atoms. The number of nitrogens with one attached hydrogen (secondary N) is 1. The number of halogens is 1. The van der Waals surface area contributed by atoms with Gasteiger partial charge in [-0.25, -0.2) is 9.78 Å². The molecule has 2 aromatic heterocycles. The molecule has 1 N–H and O–H groups in total. The number of aromatic nitrogens is 1. The second-order valence-corrected chi connectivity index (χ2v) is 11.0. The van der Waals surface area contributed by atoms with Gasteiger partial charge in [-0.1, -0.05) is 18.0 Å². The lowest BCUT2D eigenvalue weighted by molar-refractivity contribution is 0.0920. The number of carbonyl (C=O) groups is 2. The maximum atomic E-state index is 12.4. The normalized spacial score (nSPS) is 18.8. The molecule has 2 aliphatic heterocycles. The quantitative estimate of drug-likeness (QED) is 0.463. The molecule has 0 radical (unpaired) electrons. The predicted molar refractivity (Wildman–Crippen MR) is 136 cm³/mol. The minimum Gasteiger partial charge on any atom is -0.442 e. The molecule has 34 heavy (non-hydrogen) atoms. The van der Waals surface area contributed by atoms with E-state index in [2.05, 4.69) is 15.6 Å². The van der Waals surface area contributed by atoms with Crippen molar-refractivity contribution in [2.45, 2.75) is 31.9 Å². The molecule has 4 heterocycles. The zero-order valence-electron chi connectivity index (χ0n) is 18.5. The van der Waals surface area contributed by atoms with Crippen molar-refractivity contribution in [3.8, 4) is 10.6 Å². The molecule has 0 saturated carbocycles. The number of ether oxygens (including phenoxy) is 1. The molecular weight excluding hydrogens is 492 g/mol. The van der Waals surface area contributed by atoms with Gasteiger partial charge < -0.3 is 10.1 Å². The van der Waals surface area contributed by atoms with Gasteiger partial charge in [0.2, 0.25) is 0 Å². The molecule has 7 nitrogen and oxygen atoms in total. The van der Waals surface area contributed by atoms with Gasteiger partial charge in [0.1, 0.15) is 11.1 Å². The number of anilines is 1. The first kappa shape index (κ1) is 23.3. The van der Waals surface area contributed by atoms with Crippen LogP contribution in [0.2, 0.25) is 4.34 Å². The largest absolute Gasteiger partial charge is 0.442 e. The molecule has 178 valence electrons. The Morgan fingerprint density at radius 2 is 1.94 bits per heavy atom. The number of rotatable bonds is 7. The molecule has 1 atom stereocenters. The van der Waals surface area contributed by atoms with Gasteiger partial charge in [0.25, 0.3) is 5.91 Å². The third kappa shape index (κ3) is 5.43. The fourth-order valence-corrected chi connectivity index (χ4v) is 5.99. The summed E-state index contributed by atoms with van der Waals surface area (Å²) in [4.78, 5) is 34.0. The van der Waals surface area contributed by atoms with Crippen LogP contribution in [0.3, 0.4) is 0 Å². The minimum absolute atomic E-state index is 0.223. The lowest BCUT2D eigenvalue weighted by Crippen LogP contribution is -2.34. The minimum atomic E-state index is -0.414. The van der Waals surface area contributed by atoms with E-state index in [0.717, 1.165) is 41.6 Å². The molecule has 3 aromatic rings. The van der Waals surface area contributed by atoms with Crippen LogP contribution in [-0.4, -0.2) is 54.2 Å². The van der Waals surface area contributed by atoms with Crippen LogP contribution in [-0.2, 0) is 11.3 Å². The van der Waals surface area contributed by atoms with E-state index in [9.17, 15) is 9.59 Å². The Morgan fingerprint density at radius 1 is 1.15 bits per heavy atom. The van der Waals surface area contributed by atoms with E-state index in [-0.39, 0.29) is 12.5 Å². The Labute approximate surface area is 211 Å². The topological polar surface area (TPSA) is 74.8 Å². The Hall–Kier alpha value is -2.46. The number of likely N-dealkylation sites (tertiary alicyclic amines) is 1. The van der Waals surface area contributed by atoms with Crippen LogP contribution in [0.25, 0.3) is 10.6 Å². The van der Waals surface area contributed by atoms with Crippen molar-refractivity contribution in [2.24, 2.45) is 0 Å². The number of nitrogens with zero attached hydrogens (tertiary/aromatic N) is 3. The molecule has 10 heteroatoms. The number of cyclic esters (lactones) is 1. The molecule has 1 aromatic carbocycles. The lowest BCUT2D eigenvalue weighted by Gasteiger charge is -2.25. The van der Waals surface area contributed by atoms with E-state index in [1.54, 1.807) is 28.4 Å². The van der Waals surface area contributed by atoms with Crippen molar-refractivity contribution in [1.82, 2.24) is 15.2 Å². The van der Waals surface area contributed by atoms with Crippen LogP contribution in [0.4, 0.5) is 10.5 Å². The number of amides is 2. The summed E-state index contributed by atoms with van der Waals surface area (Å²) < 4.78 is 6.00. The van der Waals surface area contributed by atoms with Crippen molar-refractivity contribution in [1.29, 1.82) is 0 Å². The van der Waals surface area contributed by atoms with Crippen LogP contribution in [0.1, 0.15) is 34.6 Å². The molecule has 0 unspecified atom stereocenters. The first-order valence-corrected chi connectivity index (χ1v) is 13.4. The predicted octanol–water partition coefficient (Wildman–Crippen LogP) is 5.27. The third-order valence-electron chi connectivity index (χ3n) is 5.97. The van der Waals surface area contributed by atoms with E-state index < -0.39 is 12.2 Å². The van der Waals surface area contributed by atoms with Crippen LogP contribution in [0.5, 0.6) is 0 Å². The lowest BCUT2D eigenvalue weighted by atomic mass is 10.1. The van der Waals surface area contributed by atoms with Crippen molar-refractivity contribution < 1.29 is 14.3 Å². The second-order valence-electron chi connectivity index (χ2n) is 8.46. The van der Waals surface area contributed by atoms with Crippen molar-refractivity contribution in [2.75, 3.05) is 31.1 Å². The number of hydrogen-bond donors (Lipinski definition) is 1. The van der Waals surface area contributed by atoms with Crippen LogP contribution in [0, 0.1) is 0 Å². The molecule has 0 aliphatic carbocycles. The SMILES string of the molecule is O=C(NC[C@H]1CN(c2ccc(-c3nc(CN4CCCCC4)cs3)cc2)C(=O)O1)c1ccc(Cl)s1. The van der Waals surface area contributed by atoms with E-state index >= 15 is 0 Å². The highest BCUT2D eigenvalue weighted by molar-refractivity contribution is 7.18. The van der Waals surface area contributed by atoms with Crippen LogP contribution in [0.15, 0.2) is 41.8 Å². The van der Waals surface area contributed by atoms with Gasteiger partial charge in [-0.15, -0.1) is 22.7 Å². The van der Waals surface area contributed by atoms with Gasteiger partial charge in [0, 0.05) is 23.2 Å². The Morgan fingerprint density at radius 3 is 2.68 bits per heavy atom. The van der Waals surface area contributed by atoms with Crippen molar-refractivity contribution in [3.63, 3.8) is 0 Å².